The van der Waals surface area contributed by atoms with Crippen molar-refractivity contribution in [3.8, 4) is 0 Å². The molecule has 31 heavy (non-hydrogen) atoms. The molecular weight excluding hydrogens is 392 g/mol. The minimum atomic E-state index is -0.161. The summed E-state index contributed by atoms with van der Waals surface area (Å²) in [6, 6.07) is 9.72. The van der Waals surface area contributed by atoms with E-state index in [0.717, 1.165) is 17.0 Å². The second kappa shape index (κ2) is 8.75. The summed E-state index contributed by atoms with van der Waals surface area (Å²) in [4.78, 5) is 31.1. The maximum atomic E-state index is 12.8. The lowest BCUT2D eigenvalue weighted by Crippen LogP contribution is -2.56. The summed E-state index contributed by atoms with van der Waals surface area (Å²) in [5.41, 5.74) is 3.74. The Morgan fingerprint density at radius 3 is 2.71 bits per heavy atom. The van der Waals surface area contributed by atoms with Crippen molar-refractivity contribution in [2.45, 2.75) is 33.4 Å². The molecule has 0 radical (unpaired) electrons. The lowest BCUT2D eigenvalue weighted by molar-refractivity contribution is -0.129. The first-order valence-electron chi connectivity index (χ1n) is 10.5. The molecule has 1 fully saturated rings. The topological polar surface area (TPSA) is 85.0 Å². The number of hydrogen-bond acceptors (Lipinski definition) is 4. The van der Waals surface area contributed by atoms with E-state index in [9.17, 15) is 9.59 Å². The zero-order chi connectivity index (χ0) is 22.0. The fourth-order valence-corrected chi connectivity index (χ4v) is 3.96. The molecule has 0 saturated carbocycles. The third kappa shape index (κ3) is 4.68. The van der Waals surface area contributed by atoms with Crippen molar-refractivity contribution < 1.29 is 9.59 Å². The van der Waals surface area contributed by atoms with Gasteiger partial charge in [0.1, 0.15) is 0 Å². The second-order valence-corrected chi connectivity index (χ2v) is 8.31. The van der Waals surface area contributed by atoms with Crippen LogP contribution in [-0.4, -0.2) is 55.7 Å². The number of amides is 2. The fraction of sp³-hybridized carbons (Fsp3) is 0.391. The van der Waals surface area contributed by atoms with Crippen LogP contribution >= 0.6 is 0 Å². The molecule has 1 unspecified atom stereocenters. The zero-order valence-corrected chi connectivity index (χ0v) is 18.2. The number of aryl methyl sites for hydroxylation is 2. The molecule has 4 rings (SSSR count). The van der Waals surface area contributed by atoms with Crippen molar-refractivity contribution in [2.24, 2.45) is 5.92 Å². The van der Waals surface area contributed by atoms with Gasteiger partial charge in [0.2, 0.25) is 5.91 Å². The van der Waals surface area contributed by atoms with Crippen LogP contribution in [0, 0.1) is 19.8 Å². The smallest absolute Gasteiger partial charge is 0.253 e. The van der Waals surface area contributed by atoms with E-state index in [0.29, 0.717) is 31.7 Å². The van der Waals surface area contributed by atoms with Crippen LogP contribution in [0.4, 0.5) is 0 Å². The fourth-order valence-electron chi connectivity index (χ4n) is 3.96. The number of nitrogens with one attached hydrogen (secondary N) is 1. The highest BCUT2D eigenvalue weighted by Crippen LogP contribution is 2.20. The number of hydrogen-bond donors (Lipinski definition) is 1. The Morgan fingerprint density at radius 1 is 1.23 bits per heavy atom. The van der Waals surface area contributed by atoms with Crippen LogP contribution in [0.5, 0.6) is 0 Å². The number of aromatic nitrogens is 4. The van der Waals surface area contributed by atoms with Gasteiger partial charge in [-0.2, -0.15) is 5.10 Å². The highest BCUT2D eigenvalue weighted by Gasteiger charge is 2.36. The summed E-state index contributed by atoms with van der Waals surface area (Å²) >= 11 is 0. The third-order valence-electron chi connectivity index (χ3n) is 5.67. The Kier molecular flexibility index (Phi) is 5.88. The Hall–Kier alpha value is -3.42. The molecule has 0 spiro atoms. The first-order valence-corrected chi connectivity index (χ1v) is 10.5. The van der Waals surface area contributed by atoms with Gasteiger partial charge in [0, 0.05) is 49.8 Å². The normalized spacial score (nSPS) is 14.9. The van der Waals surface area contributed by atoms with Crippen molar-refractivity contribution in [3.63, 3.8) is 0 Å². The van der Waals surface area contributed by atoms with Gasteiger partial charge in [0.25, 0.3) is 5.91 Å². The summed E-state index contributed by atoms with van der Waals surface area (Å²) in [6.07, 6.45) is 5.38. The van der Waals surface area contributed by atoms with Gasteiger partial charge in [-0.15, -0.1) is 0 Å². The van der Waals surface area contributed by atoms with Gasteiger partial charge in [-0.05, 0) is 44.5 Å². The van der Waals surface area contributed by atoms with Gasteiger partial charge >= 0.3 is 0 Å². The van der Waals surface area contributed by atoms with Crippen molar-refractivity contribution in [3.05, 3.63) is 71.6 Å². The molecule has 1 aromatic carbocycles. The molecular formula is C23H28N6O2. The monoisotopic (exact) mass is 420 g/mol. The number of benzene rings is 1. The molecule has 8 nitrogen and oxygen atoms in total. The van der Waals surface area contributed by atoms with E-state index in [1.54, 1.807) is 17.4 Å². The summed E-state index contributed by atoms with van der Waals surface area (Å²) < 4.78 is 3.89. The minimum absolute atomic E-state index is 0.00807. The second-order valence-electron chi connectivity index (χ2n) is 8.31. The Balaban J connectivity index is 1.27. The number of carbonyl (C=O) groups is 2. The average Bonchev–Trinajstić information content (AvgIpc) is 3.34. The van der Waals surface area contributed by atoms with Crippen molar-refractivity contribution in [2.75, 3.05) is 19.6 Å². The zero-order valence-electron chi connectivity index (χ0n) is 18.2. The summed E-state index contributed by atoms with van der Waals surface area (Å²) in [7, 11) is 0. The minimum Gasteiger partial charge on any atom is -0.354 e. The molecule has 1 N–H and O–H groups in total. The third-order valence-corrected chi connectivity index (χ3v) is 5.67. The SMILES string of the molecule is Cc1cc(C)n(C(C)CNC(=O)C2CN(C(=O)c3cccc(Cn4ccnc4)c3)C2)n1. The van der Waals surface area contributed by atoms with E-state index >= 15 is 0 Å². The van der Waals surface area contributed by atoms with E-state index in [2.05, 4.69) is 15.4 Å². The van der Waals surface area contributed by atoms with Gasteiger partial charge in [0.05, 0.1) is 24.0 Å². The van der Waals surface area contributed by atoms with Crippen LogP contribution in [0.3, 0.4) is 0 Å². The van der Waals surface area contributed by atoms with Gasteiger partial charge in [-0.3, -0.25) is 14.3 Å². The lowest BCUT2D eigenvalue weighted by Gasteiger charge is -2.38. The number of nitrogens with zero attached hydrogens (tertiary/aromatic N) is 5. The van der Waals surface area contributed by atoms with Crippen molar-refractivity contribution in [1.82, 2.24) is 29.5 Å². The molecule has 2 aromatic heterocycles. The number of carbonyl (C=O) groups excluding carboxylic acids is 2. The molecule has 2 amide bonds. The predicted molar refractivity (Wildman–Crippen MR) is 117 cm³/mol. The Bertz CT molecular complexity index is 1070. The van der Waals surface area contributed by atoms with Crippen molar-refractivity contribution >= 4 is 11.8 Å². The van der Waals surface area contributed by atoms with E-state index in [1.807, 2.05) is 66.5 Å². The molecule has 0 aliphatic carbocycles. The number of imidazole rings is 1. The first-order chi connectivity index (χ1) is 14.9. The number of likely N-dealkylation sites (tertiary alicyclic amines) is 1. The van der Waals surface area contributed by atoms with Gasteiger partial charge < -0.3 is 14.8 Å². The van der Waals surface area contributed by atoms with Crippen LogP contribution in [0.25, 0.3) is 0 Å². The highest BCUT2D eigenvalue weighted by atomic mass is 16.2. The molecule has 3 heterocycles. The molecule has 1 aliphatic heterocycles. The largest absolute Gasteiger partial charge is 0.354 e. The highest BCUT2D eigenvalue weighted by molar-refractivity contribution is 5.96. The molecule has 1 atom stereocenters. The average molecular weight is 421 g/mol. The molecule has 1 saturated heterocycles. The van der Waals surface area contributed by atoms with E-state index in [4.69, 9.17) is 0 Å². The molecule has 3 aromatic rings. The molecule has 0 bridgehead atoms. The van der Waals surface area contributed by atoms with Crippen LogP contribution in [-0.2, 0) is 11.3 Å². The van der Waals surface area contributed by atoms with Gasteiger partial charge in [-0.25, -0.2) is 4.98 Å². The van der Waals surface area contributed by atoms with E-state index in [1.165, 1.54) is 0 Å². The Labute approximate surface area is 181 Å². The molecule has 8 heteroatoms. The Morgan fingerprint density at radius 2 is 2.03 bits per heavy atom. The van der Waals surface area contributed by atoms with Crippen LogP contribution in [0.15, 0.2) is 49.1 Å². The standard InChI is InChI=1S/C23H28N6O2/c1-16-9-17(2)29(26-16)18(3)11-25-22(30)21-13-28(14-21)23(31)20-6-4-5-19(10-20)12-27-8-7-24-15-27/h4-10,15,18,21H,11-14H2,1-3H3,(H,25,30). The maximum absolute atomic E-state index is 12.8. The van der Waals surface area contributed by atoms with E-state index < -0.39 is 0 Å². The van der Waals surface area contributed by atoms with Crippen molar-refractivity contribution in [1.29, 1.82) is 0 Å². The lowest BCUT2D eigenvalue weighted by atomic mass is 9.97. The molecule has 162 valence electrons. The van der Waals surface area contributed by atoms with Crippen LogP contribution in [0.1, 0.15) is 40.3 Å². The summed E-state index contributed by atoms with van der Waals surface area (Å²) in [5, 5.41) is 7.48. The quantitative estimate of drug-likeness (QED) is 0.635. The summed E-state index contributed by atoms with van der Waals surface area (Å²) in [6.45, 7) is 8.09. The van der Waals surface area contributed by atoms with Gasteiger partial charge in [0.15, 0.2) is 0 Å². The first kappa shape index (κ1) is 20.8. The summed E-state index contributed by atoms with van der Waals surface area (Å²) in [5.74, 6) is -0.204. The van der Waals surface area contributed by atoms with E-state index in [-0.39, 0.29) is 23.8 Å². The number of rotatable bonds is 7. The maximum Gasteiger partial charge on any atom is 0.253 e. The van der Waals surface area contributed by atoms with Gasteiger partial charge in [-0.1, -0.05) is 12.1 Å². The predicted octanol–water partition coefficient (Wildman–Crippen LogP) is 2.19. The van der Waals surface area contributed by atoms with Crippen LogP contribution in [0.2, 0.25) is 0 Å². The van der Waals surface area contributed by atoms with Crippen LogP contribution < -0.4 is 5.32 Å². The molecule has 1 aliphatic rings.